The Hall–Kier alpha value is -0.570. The fourth-order valence-electron chi connectivity index (χ4n) is 1.38. The molecule has 1 fully saturated rings. The monoisotopic (exact) mass is 184 g/mol. The molecule has 3 heteroatoms. The molecular formula is C10H20N2O. The van der Waals surface area contributed by atoms with E-state index >= 15 is 0 Å². The van der Waals surface area contributed by atoms with Crippen molar-refractivity contribution in [3.63, 3.8) is 0 Å². The van der Waals surface area contributed by atoms with Gasteiger partial charge in [0.25, 0.3) is 0 Å². The average Bonchev–Trinajstić information content (AvgIpc) is 2.04. The van der Waals surface area contributed by atoms with Crippen LogP contribution in [0, 0.1) is 5.41 Å². The van der Waals surface area contributed by atoms with Crippen LogP contribution in [-0.2, 0) is 4.79 Å². The second kappa shape index (κ2) is 4.09. The molecular weight excluding hydrogens is 164 g/mol. The highest BCUT2D eigenvalue weighted by atomic mass is 16.2. The molecule has 2 N–H and O–H groups in total. The second-order valence-corrected chi connectivity index (χ2v) is 4.77. The first-order valence-corrected chi connectivity index (χ1v) is 5.02. The highest BCUT2D eigenvalue weighted by Crippen LogP contribution is 2.13. The summed E-state index contributed by atoms with van der Waals surface area (Å²) in [5, 5.41) is 6.33. The Morgan fingerprint density at radius 2 is 2.15 bits per heavy atom. The van der Waals surface area contributed by atoms with Crippen LogP contribution in [0.15, 0.2) is 0 Å². The minimum Gasteiger partial charge on any atom is -0.352 e. The maximum Gasteiger partial charge on any atom is 0.225 e. The van der Waals surface area contributed by atoms with E-state index in [0.29, 0.717) is 6.04 Å². The second-order valence-electron chi connectivity index (χ2n) is 4.77. The molecule has 0 unspecified atom stereocenters. The molecule has 0 spiro atoms. The molecule has 1 heterocycles. The normalized spacial score (nSPS) is 24.1. The van der Waals surface area contributed by atoms with E-state index in [1.54, 1.807) is 0 Å². The molecule has 3 nitrogen and oxygen atoms in total. The number of nitrogens with one attached hydrogen (secondary N) is 2. The lowest BCUT2D eigenvalue weighted by Crippen LogP contribution is -2.48. The van der Waals surface area contributed by atoms with Gasteiger partial charge < -0.3 is 10.6 Å². The van der Waals surface area contributed by atoms with Crippen LogP contribution in [0.3, 0.4) is 0 Å². The summed E-state index contributed by atoms with van der Waals surface area (Å²) in [4.78, 5) is 11.6. The van der Waals surface area contributed by atoms with E-state index < -0.39 is 0 Å². The Morgan fingerprint density at radius 3 is 2.62 bits per heavy atom. The lowest BCUT2D eigenvalue weighted by molar-refractivity contribution is -0.129. The van der Waals surface area contributed by atoms with Gasteiger partial charge in [-0.05, 0) is 19.4 Å². The number of carbonyl (C=O) groups is 1. The molecule has 0 aromatic rings. The van der Waals surface area contributed by atoms with Crippen molar-refractivity contribution in [1.82, 2.24) is 10.6 Å². The largest absolute Gasteiger partial charge is 0.352 e. The summed E-state index contributed by atoms with van der Waals surface area (Å²) >= 11 is 0. The van der Waals surface area contributed by atoms with Crippen LogP contribution < -0.4 is 10.6 Å². The van der Waals surface area contributed by atoms with E-state index in [1.165, 1.54) is 0 Å². The zero-order chi connectivity index (χ0) is 9.90. The smallest absolute Gasteiger partial charge is 0.225 e. The van der Waals surface area contributed by atoms with Gasteiger partial charge >= 0.3 is 0 Å². The highest BCUT2D eigenvalue weighted by molar-refractivity contribution is 5.81. The number of rotatable bonds is 1. The summed E-state index contributed by atoms with van der Waals surface area (Å²) < 4.78 is 0. The van der Waals surface area contributed by atoms with E-state index in [-0.39, 0.29) is 11.3 Å². The van der Waals surface area contributed by atoms with Crippen LogP contribution in [0.4, 0.5) is 0 Å². The molecule has 0 aliphatic carbocycles. The third-order valence-corrected chi connectivity index (χ3v) is 2.31. The van der Waals surface area contributed by atoms with Crippen molar-refractivity contribution in [1.29, 1.82) is 0 Å². The van der Waals surface area contributed by atoms with Crippen LogP contribution in [0.25, 0.3) is 0 Å². The van der Waals surface area contributed by atoms with Gasteiger partial charge in [0.15, 0.2) is 0 Å². The SMILES string of the molecule is CC(C)(C)C(=O)N[C@@H]1CCCNC1. The minimum atomic E-state index is -0.266. The number of piperidine rings is 1. The van der Waals surface area contributed by atoms with E-state index in [1.807, 2.05) is 20.8 Å². The fourth-order valence-corrected chi connectivity index (χ4v) is 1.38. The summed E-state index contributed by atoms with van der Waals surface area (Å²) in [6.45, 7) is 7.83. The summed E-state index contributed by atoms with van der Waals surface area (Å²) in [6.07, 6.45) is 2.27. The van der Waals surface area contributed by atoms with Gasteiger partial charge in [0.2, 0.25) is 5.91 Å². The summed E-state index contributed by atoms with van der Waals surface area (Å²) in [6, 6.07) is 0.334. The van der Waals surface area contributed by atoms with Crippen molar-refractivity contribution in [2.45, 2.75) is 39.7 Å². The van der Waals surface area contributed by atoms with Crippen LogP contribution in [0.5, 0.6) is 0 Å². The maximum atomic E-state index is 11.6. The first kappa shape index (κ1) is 10.5. The van der Waals surface area contributed by atoms with E-state index in [9.17, 15) is 4.79 Å². The van der Waals surface area contributed by atoms with Crippen LogP contribution in [0.2, 0.25) is 0 Å². The number of amides is 1. The van der Waals surface area contributed by atoms with E-state index in [4.69, 9.17) is 0 Å². The Kier molecular flexibility index (Phi) is 3.31. The number of carbonyl (C=O) groups excluding carboxylic acids is 1. The van der Waals surface area contributed by atoms with Gasteiger partial charge in [-0.15, -0.1) is 0 Å². The molecule has 1 amide bonds. The van der Waals surface area contributed by atoms with Crippen LogP contribution in [-0.4, -0.2) is 25.0 Å². The first-order valence-electron chi connectivity index (χ1n) is 5.02. The number of hydrogen-bond acceptors (Lipinski definition) is 2. The Balaban J connectivity index is 2.35. The Morgan fingerprint density at radius 1 is 1.46 bits per heavy atom. The fraction of sp³-hybridized carbons (Fsp3) is 0.900. The van der Waals surface area contributed by atoms with Gasteiger partial charge in [-0.25, -0.2) is 0 Å². The zero-order valence-corrected chi connectivity index (χ0v) is 8.81. The molecule has 0 aromatic heterocycles. The predicted molar refractivity (Wildman–Crippen MR) is 53.5 cm³/mol. The van der Waals surface area contributed by atoms with Crippen LogP contribution in [0.1, 0.15) is 33.6 Å². The lowest BCUT2D eigenvalue weighted by atomic mass is 9.94. The van der Waals surface area contributed by atoms with Crippen molar-refractivity contribution < 1.29 is 4.79 Å². The molecule has 1 atom stereocenters. The van der Waals surface area contributed by atoms with Gasteiger partial charge in [-0.1, -0.05) is 20.8 Å². The van der Waals surface area contributed by atoms with Gasteiger partial charge in [0.05, 0.1) is 0 Å². The zero-order valence-electron chi connectivity index (χ0n) is 8.81. The van der Waals surface area contributed by atoms with Gasteiger partial charge in [0, 0.05) is 18.0 Å². The van der Waals surface area contributed by atoms with Crippen molar-refractivity contribution in [3.8, 4) is 0 Å². The standard InChI is InChI=1S/C10H20N2O/c1-10(2,3)9(13)12-8-5-4-6-11-7-8/h8,11H,4-7H2,1-3H3,(H,12,13)/t8-/m1/s1. The molecule has 76 valence electrons. The third kappa shape index (κ3) is 3.35. The molecule has 1 aliphatic rings. The average molecular weight is 184 g/mol. The van der Waals surface area contributed by atoms with Crippen LogP contribution >= 0.6 is 0 Å². The van der Waals surface area contributed by atoms with Crippen molar-refractivity contribution in [2.24, 2.45) is 5.41 Å². The minimum absolute atomic E-state index is 0.154. The maximum absolute atomic E-state index is 11.6. The molecule has 0 bridgehead atoms. The third-order valence-electron chi connectivity index (χ3n) is 2.31. The Bertz CT molecular complexity index is 178. The van der Waals surface area contributed by atoms with Gasteiger partial charge in [0.1, 0.15) is 0 Å². The lowest BCUT2D eigenvalue weighted by Gasteiger charge is -2.27. The summed E-state index contributed by atoms with van der Waals surface area (Å²) in [5.74, 6) is 0.154. The molecule has 1 aliphatic heterocycles. The molecule has 13 heavy (non-hydrogen) atoms. The predicted octanol–water partition coefficient (Wildman–Crippen LogP) is 0.901. The van der Waals surface area contributed by atoms with Crippen molar-refractivity contribution in [3.05, 3.63) is 0 Å². The van der Waals surface area contributed by atoms with E-state index in [2.05, 4.69) is 10.6 Å². The van der Waals surface area contributed by atoms with E-state index in [0.717, 1.165) is 25.9 Å². The quantitative estimate of drug-likeness (QED) is 0.635. The Labute approximate surface area is 80.3 Å². The molecule has 0 radical (unpaired) electrons. The molecule has 1 rings (SSSR count). The first-order chi connectivity index (χ1) is 6.00. The molecule has 1 saturated heterocycles. The summed E-state index contributed by atoms with van der Waals surface area (Å²) in [5.41, 5.74) is -0.266. The van der Waals surface area contributed by atoms with Gasteiger partial charge in [-0.3, -0.25) is 4.79 Å². The molecule has 0 aromatic carbocycles. The van der Waals surface area contributed by atoms with Crippen molar-refractivity contribution in [2.75, 3.05) is 13.1 Å². The topological polar surface area (TPSA) is 41.1 Å². The summed E-state index contributed by atoms with van der Waals surface area (Å²) in [7, 11) is 0. The van der Waals surface area contributed by atoms with Crippen molar-refractivity contribution >= 4 is 5.91 Å². The van der Waals surface area contributed by atoms with Gasteiger partial charge in [-0.2, -0.15) is 0 Å². The number of hydrogen-bond donors (Lipinski definition) is 2. The highest BCUT2D eigenvalue weighted by Gasteiger charge is 2.24. The molecule has 0 saturated carbocycles.